The molecule has 0 unspecified atom stereocenters. The van der Waals surface area contributed by atoms with Crippen molar-refractivity contribution in [3.05, 3.63) is 49.6 Å². The van der Waals surface area contributed by atoms with E-state index in [4.69, 9.17) is 16.3 Å². The maximum absolute atomic E-state index is 6.12. The molecule has 0 bridgehead atoms. The summed E-state index contributed by atoms with van der Waals surface area (Å²) in [5.41, 5.74) is 0.129. The molecule has 0 atom stereocenters. The predicted octanol–water partition coefficient (Wildman–Crippen LogP) is 5.63. The molecular formula is C16H19BrClNOS. The highest BCUT2D eigenvalue weighted by Gasteiger charge is 2.10. The topological polar surface area (TPSA) is 21.3 Å². The van der Waals surface area contributed by atoms with Gasteiger partial charge in [-0.1, -0.05) is 27.5 Å². The van der Waals surface area contributed by atoms with E-state index in [-0.39, 0.29) is 5.54 Å². The maximum atomic E-state index is 6.12. The highest BCUT2D eigenvalue weighted by Crippen LogP contribution is 2.29. The molecule has 0 aliphatic carbocycles. The van der Waals surface area contributed by atoms with Gasteiger partial charge in [-0.3, -0.25) is 0 Å². The molecule has 2 rings (SSSR count). The van der Waals surface area contributed by atoms with Crippen molar-refractivity contribution in [1.29, 1.82) is 0 Å². The fraction of sp³-hybridized carbons (Fsp3) is 0.375. The molecule has 1 heterocycles. The summed E-state index contributed by atoms with van der Waals surface area (Å²) < 4.78 is 6.75. The summed E-state index contributed by atoms with van der Waals surface area (Å²) in [5.74, 6) is 0.703. The van der Waals surface area contributed by atoms with Crippen LogP contribution < -0.4 is 10.1 Å². The lowest BCUT2D eigenvalue weighted by atomic mass is 10.1. The molecule has 0 saturated carbocycles. The molecule has 1 aromatic carbocycles. The minimum absolute atomic E-state index is 0.129. The molecule has 0 aliphatic rings. The van der Waals surface area contributed by atoms with E-state index in [1.807, 2.05) is 18.2 Å². The quantitative estimate of drug-likeness (QED) is 0.716. The van der Waals surface area contributed by atoms with E-state index in [9.17, 15) is 0 Å². The summed E-state index contributed by atoms with van der Waals surface area (Å²) in [6.45, 7) is 7.92. The van der Waals surface area contributed by atoms with E-state index in [1.165, 1.54) is 9.75 Å². The molecule has 0 aliphatic heterocycles. The Bertz CT molecular complexity index is 607. The highest BCUT2D eigenvalue weighted by atomic mass is 79.9. The van der Waals surface area contributed by atoms with Gasteiger partial charge in [0.1, 0.15) is 12.4 Å². The lowest BCUT2D eigenvalue weighted by molar-refractivity contribution is 0.310. The Kier molecular flexibility index (Phi) is 5.72. The van der Waals surface area contributed by atoms with Crippen LogP contribution in [-0.2, 0) is 13.2 Å². The monoisotopic (exact) mass is 387 g/mol. The van der Waals surface area contributed by atoms with Crippen molar-refractivity contribution in [2.45, 2.75) is 39.5 Å². The van der Waals surface area contributed by atoms with E-state index in [2.05, 4.69) is 54.2 Å². The molecule has 1 aromatic heterocycles. The SMILES string of the molecule is CC(C)(C)NCc1ccc(COc2cc(Br)ccc2Cl)s1. The number of hydrogen-bond donors (Lipinski definition) is 1. The molecule has 2 nitrogen and oxygen atoms in total. The standard InChI is InChI=1S/C16H19BrClNOS/c1-16(2,3)19-9-12-5-6-13(21-12)10-20-15-8-11(17)4-7-14(15)18/h4-8,19H,9-10H2,1-3H3. The van der Waals surface area contributed by atoms with Gasteiger partial charge in [-0.25, -0.2) is 0 Å². The van der Waals surface area contributed by atoms with Gasteiger partial charge in [0.2, 0.25) is 0 Å². The van der Waals surface area contributed by atoms with E-state index < -0.39 is 0 Å². The van der Waals surface area contributed by atoms with Crippen LogP contribution in [0.2, 0.25) is 5.02 Å². The number of thiophene rings is 1. The third kappa shape index (κ3) is 5.62. The highest BCUT2D eigenvalue weighted by molar-refractivity contribution is 9.10. The second-order valence-corrected chi connectivity index (χ2v) is 8.41. The van der Waals surface area contributed by atoms with E-state index in [0.717, 1.165) is 11.0 Å². The van der Waals surface area contributed by atoms with Crippen molar-refractivity contribution >= 4 is 38.9 Å². The number of nitrogens with one attached hydrogen (secondary N) is 1. The predicted molar refractivity (Wildman–Crippen MR) is 94.4 cm³/mol. The summed E-state index contributed by atoms with van der Waals surface area (Å²) >= 11 is 11.3. The zero-order chi connectivity index (χ0) is 15.5. The van der Waals surface area contributed by atoms with Gasteiger partial charge < -0.3 is 10.1 Å². The first-order valence-electron chi connectivity index (χ1n) is 6.74. The van der Waals surface area contributed by atoms with Gasteiger partial charge in [-0.05, 0) is 51.1 Å². The molecule has 1 N–H and O–H groups in total. The smallest absolute Gasteiger partial charge is 0.139 e. The minimum atomic E-state index is 0.129. The maximum Gasteiger partial charge on any atom is 0.139 e. The Morgan fingerprint density at radius 2 is 1.90 bits per heavy atom. The Hall–Kier alpha value is -0.550. The average Bonchev–Trinajstić information content (AvgIpc) is 2.85. The van der Waals surface area contributed by atoms with Crippen LogP contribution in [0.1, 0.15) is 30.5 Å². The second-order valence-electron chi connectivity index (χ2n) is 5.83. The summed E-state index contributed by atoms with van der Waals surface area (Å²) in [7, 11) is 0. The average molecular weight is 389 g/mol. The minimum Gasteiger partial charge on any atom is -0.486 e. The molecule has 0 amide bonds. The largest absolute Gasteiger partial charge is 0.486 e. The normalized spacial score (nSPS) is 11.7. The van der Waals surface area contributed by atoms with Crippen molar-refractivity contribution < 1.29 is 4.74 Å². The van der Waals surface area contributed by atoms with Crippen LogP contribution in [-0.4, -0.2) is 5.54 Å². The van der Waals surface area contributed by atoms with Gasteiger partial charge >= 0.3 is 0 Å². The van der Waals surface area contributed by atoms with Crippen LogP contribution in [0.4, 0.5) is 0 Å². The summed E-state index contributed by atoms with van der Waals surface area (Å²) in [4.78, 5) is 2.50. The second kappa shape index (κ2) is 7.14. The number of benzene rings is 1. The molecule has 0 fully saturated rings. The van der Waals surface area contributed by atoms with Crippen molar-refractivity contribution in [2.24, 2.45) is 0 Å². The van der Waals surface area contributed by atoms with Crippen molar-refractivity contribution in [3.63, 3.8) is 0 Å². The third-order valence-corrected chi connectivity index (χ3v) is 4.64. The van der Waals surface area contributed by atoms with Gasteiger partial charge in [0.15, 0.2) is 0 Å². The molecule has 0 radical (unpaired) electrons. The van der Waals surface area contributed by atoms with Gasteiger partial charge in [0, 0.05) is 26.3 Å². The number of halogens is 2. The molecule has 2 aromatic rings. The Morgan fingerprint density at radius 3 is 2.62 bits per heavy atom. The lowest BCUT2D eigenvalue weighted by Crippen LogP contribution is -2.34. The van der Waals surface area contributed by atoms with Gasteiger partial charge in [0.05, 0.1) is 5.02 Å². The Morgan fingerprint density at radius 1 is 1.19 bits per heavy atom. The first-order valence-corrected chi connectivity index (χ1v) is 8.73. The molecule has 0 spiro atoms. The zero-order valence-corrected chi connectivity index (χ0v) is 15.5. The van der Waals surface area contributed by atoms with Crippen molar-refractivity contribution in [1.82, 2.24) is 5.32 Å². The van der Waals surface area contributed by atoms with Gasteiger partial charge in [0.25, 0.3) is 0 Å². The molecule has 5 heteroatoms. The molecule has 0 saturated heterocycles. The zero-order valence-electron chi connectivity index (χ0n) is 12.4. The molecule has 21 heavy (non-hydrogen) atoms. The lowest BCUT2D eigenvalue weighted by Gasteiger charge is -2.19. The van der Waals surface area contributed by atoms with Crippen LogP contribution in [0.25, 0.3) is 0 Å². The third-order valence-electron chi connectivity index (χ3n) is 2.77. The van der Waals surface area contributed by atoms with Gasteiger partial charge in [-0.2, -0.15) is 0 Å². The fourth-order valence-corrected chi connectivity index (χ4v) is 3.07. The number of hydrogen-bond acceptors (Lipinski definition) is 3. The van der Waals surface area contributed by atoms with E-state index >= 15 is 0 Å². The number of rotatable bonds is 5. The Labute approximate surface area is 143 Å². The summed E-state index contributed by atoms with van der Waals surface area (Å²) in [5, 5.41) is 4.11. The summed E-state index contributed by atoms with van der Waals surface area (Å²) in [6.07, 6.45) is 0. The Balaban J connectivity index is 1.92. The van der Waals surface area contributed by atoms with E-state index in [0.29, 0.717) is 17.4 Å². The molecule has 114 valence electrons. The van der Waals surface area contributed by atoms with Crippen LogP contribution in [0.15, 0.2) is 34.8 Å². The van der Waals surface area contributed by atoms with Crippen molar-refractivity contribution in [2.75, 3.05) is 0 Å². The van der Waals surface area contributed by atoms with E-state index in [1.54, 1.807) is 11.3 Å². The molecular weight excluding hydrogens is 370 g/mol. The van der Waals surface area contributed by atoms with Crippen LogP contribution >= 0.6 is 38.9 Å². The van der Waals surface area contributed by atoms with Crippen LogP contribution in [0.5, 0.6) is 5.75 Å². The van der Waals surface area contributed by atoms with Crippen LogP contribution in [0.3, 0.4) is 0 Å². The fourth-order valence-electron chi connectivity index (χ4n) is 1.68. The number of ether oxygens (including phenoxy) is 1. The first-order chi connectivity index (χ1) is 9.83. The first kappa shape index (κ1) is 16.8. The van der Waals surface area contributed by atoms with Gasteiger partial charge in [-0.15, -0.1) is 11.3 Å². The summed E-state index contributed by atoms with van der Waals surface area (Å²) in [6, 6.07) is 9.86. The van der Waals surface area contributed by atoms with Crippen LogP contribution in [0, 0.1) is 0 Å². The van der Waals surface area contributed by atoms with Crippen molar-refractivity contribution in [3.8, 4) is 5.75 Å².